The molecular formula is C19H17N3O3. The molecule has 6 heteroatoms. The molecule has 1 amide bonds. The lowest BCUT2D eigenvalue weighted by Crippen LogP contribution is -2.26. The second-order valence-corrected chi connectivity index (χ2v) is 5.73. The van der Waals surface area contributed by atoms with E-state index >= 15 is 0 Å². The average molecular weight is 335 g/mol. The van der Waals surface area contributed by atoms with Crippen LogP contribution in [0.15, 0.2) is 52.9 Å². The molecule has 0 aliphatic heterocycles. The molecule has 0 radical (unpaired) electrons. The number of methoxy groups -OCH3 is 1. The molecule has 0 aliphatic rings. The molecule has 2 aromatic heterocycles. The predicted molar refractivity (Wildman–Crippen MR) is 95.5 cm³/mol. The third kappa shape index (κ3) is 2.88. The lowest BCUT2D eigenvalue weighted by molar-refractivity contribution is 0.0937. The van der Waals surface area contributed by atoms with Crippen molar-refractivity contribution < 1.29 is 13.9 Å². The van der Waals surface area contributed by atoms with Crippen LogP contribution in [-0.4, -0.2) is 36.4 Å². The standard InChI is InChI=1S/C19H17N3O3/c1-24-9-8-20-19(23)13-6-7-15-14(10-13)18(22-21-15)17-11-12-4-2-3-5-16(12)25-17/h2-7,10-11H,8-9H2,1H3,(H,20,23)(H,21,22). The highest BCUT2D eigenvalue weighted by molar-refractivity contribution is 6.01. The SMILES string of the molecule is COCCNC(=O)c1ccc2[nH]nc(-c3cc4ccccc4o3)c2c1. The van der Waals surface area contributed by atoms with Gasteiger partial charge in [-0.15, -0.1) is 0 Å². The second-order valence-electron chi connectivity index (χ2n) is 5.73. The molecule has 25 heavy (non-hydrogen) atoms. The number of fused-ring (bicyclic) bond motifs is 2. The Morgan fingerprint density at radius 3 is 2.96 bits per heavy atom. The van der Waals surface area contributed by atoms with E-state index in [1.807, 2.05) is 42.5 Å². The molecule has 4 aromatic rings. The molecule has 2 N–H and O–H groups in total. The quantitative estimate of drug-likeness (QED) is 0.548. The van der Waals surface area contributed by atoms with Crippen molar-refractivity contribution in [3.8, 4) is 11.5 Å². The number of H-pyrrole nitrogens is 1. The topological polar surface area (TPSA) is 80.1 Å². The Bertz CT molecular complexity index is 1020. The third-order valence-corrected chi connectivity index (χ3v) is 4.08. The van der Waals surface area contributed by atoms with Crippen LogP contribution in [0.4, 0.5) is 0 Å². The normalized spacial score (nSPS) is 11.2. The highest BCUT2D eigenvalue weighted by atomic mass is 16.5. The van der Waals surface area contributed by atoms with Crippen LogP contribution in [0, 0.1) is 0 Å². The van der Waals surface area contributed by atoms with Gasteiger partial charge in [0.05, 0.1) is 12.1 Å². The van der Waals surface area contributed by atoms with Crippen LogP contribution in [-0.2, 0) is 4.74 Å². The number of para-hydroxylation sites is 1. The van der Waals surface area contributed by atoms with Crippen molar-refractivity contribution in [1.82, 2.24) is 15.5 Å². The van der Waals surface area contributed by atoms with Gasteiger partial charge < -0.3 is 14.5 Å². The van der Waals surface area contributed by atoms with E-state index in [1.165, 1.54) is 0 Å². The summed E-state index contributed by atoms with van der Waals surface area (Å²) in [4.78, 5) is 12.3. The lowest BCUT2D eigenvalue weighted by atomic mass is 10.1. The molecular weight excluding hydrogens is 318 g/mol. The number of ether oxygens (including phenoxy) is 1. The van der Waals surface area contributed by atoms with Gasteiger partial charge >= 0.3 is 0 Å². The largest absolute Gasteiger partial charge is 0.454 e. The Labute approximate surface area is 143 Å². The molecule has 0 saturated heterocycles. The molecule has 6 nitrogen and oxygen atoms in total. The van der Waals surface area contributed by atoms with Gasteiger partial charge in [-0.3, -0.25) is 9.89 Å². The zero-order chi connectivity index (χ0) is 17.2. The van der Waals surface area contributed by atoms with E-state index < -0.39 is 0 Å². The molecule has 0 fully saturated rings. The van der Waals surface area contributed by atoms with Crippen molar-refractivity contribution >= 4 is 27.8 Å². The van der Waals surface area contributed by atoms with Crippen molar-refractivity contribution in [2.24, 2.45) is 0 Å². The number of benzene rings is 2. The fourth-order valence-corrected chi connectivity index (χ4v) is 2.81. The van der Waals surface area contributed by atoms with E-state index in [9.17, 15) is 4.79 Å². The van der Waals surface area contributed by atoms with Crippen LogP contribution in [0.2, 0.25) is 0 Å². The molecule has 0 aliphatic carbocycles. The summed E-state index contributed by atoms with van der Waals surface area (Å²) in [5.74, 6) is 0.528. The summed E-state index contributed by atoms with van der Waals surface area (Å²) >= 11 is 0. The van der Waals surface area contributed by atoms with Crippen LogP contribution in [0.25, 0.3) is 33.3 Å². The first kappa shape index (κ1) is 15.4. The number of carbonyl (C=O) groups excluding carboxylic acids is 1. The number of hydrogen-bond donors (Lipinski definition) is 2. The predicted octanol–water partition coefficient (Wildman–Crippen LogP) is 3.35. The van der Waals surface area contributed by atoms with Gasteiger partial charge in [0.1, 0.15) is 11.3 Å². The Hall–Kier alpha value is -3.12. The van der Waals surface area contributed by atoms with Crippen molar-refractivity contribution in [2.45, 2.75) is 0 Å². The van der Waals surface area contributed by atoms with E-state index in [2.05, 4.69) is 15.5 Å². The molecule has 0 bridgehead atoms. The zero-order valence-electron chi connectivity index (χ0n) is 13.7. The molecule has 2 aromatic carbocycles. The first-order valence-corrected chi connectivity index (χ1v) is 8.00. The van der Waals surface area contributed by atoms with Crippen molar-refractivity contribution in [2.75, 3.05) is 20.3 Å². The highest BCUT2D eigenvalue weighted by Crippen LogP contribution is 2.31. The summed E-state index contributed by atoms with van der Waals surface area (Å²) in [6, 6.07) is 15.2. The van der Waals surface area contributed by atoms with Crippen LogP contribution >= 0.6 is 0 Å². The summed E-state index contributed by atoms with van der Waals surface area (Å²) in [6.45, 7) is 0.944. The van der Waals surface area contributed by atoms with E-state index in [0.717, 1.165) is 21.9 Å². The minimum absolute atomic E-state index is 0.143. The summed E-state index contributed by atoms with van der Waals surface area (Å²) in [5.41, 5.74) is 2.92. The van der Waals surface area contributed by atoms with Gasteiger partial charge in [0, 0.05) is 30.0 Å². The number of hydrogen-bond acceptors (Lipinski definition) is 4. The third-order valence-electron chi connectivity index (χ3n) is 4.08. The smallest absolute Gasteiger partial charge is 0.251 e. The minimum atomic E-state index is -0.143. The molecule has 2 heterocycles. The highest BCUT2D eigenvalue weighted by Gasteiger charge is 2.15. The van der Waals surface area contributed by atoms with Crippen molar-refractivity contribution in [1.29, 1.82) is 0 Å². The van der Waals surface area contributed by atoms with Gasteiger partial charge in [0.15, 0.2) is 5.76 Å². The summed E-state index contributed by atoms with van der Waals surface area (Å²) in [7, 11) is 1.60. The monoisotopic (exact) mass is 335 g/mol. The number of aromatic amines is 1. The summed E-state index contributed by atoms with van der Waals surface area (Å²) in [5, 5.41) is 12.0. The lowest BCUT2D eigenvalue weighted by Gasteiger charge is -2.04. The Morgan fingerprint density at radius 2 is 2.12 bits per heavy atom. The Morgan fingerprint density at radius 1 is 1.24 bits per heavy atom. The average Bonchev–Trinajstić information content (AvgIpc) is 3.24. The molecule has 0 saturated carbocycles. The van der Waals surface area contributed by atoms with Gasteiger partial charge in [-0.25, -0.2) is 0 Å². The van der Waals surface area contributed by atoms with E-state index in [1.54, 1.807) is 13.2 Å². The molecule has 4 rings (SSSR count). The summed E-state index contributed by atoms with van der Waals surface area (Å²) in [6.07, 6.45) is 0. The van der Waals surface area contributed by atoms with Gasteiger partial charge in [-0.05, 0) is 30.3 Å². The Kier molecular flexibility index (Phi) is 3.95. The van der Waals surface area contributed by atoms with Crippen LogP contribution in [0.5, 0.6) is 0 Å². The molecule has 126 valence electrons. The van der Waals surface area contributed by atoms with E-state index in [-0.39, 0.29) is 5.91 Å². The fourth-order valence-electron chi connectivity index (χ4n) is 2.81. The van der Waals surface area contributed by atoms with Crippen LogP contribution < -0.4 is 5.32 Å². The van der Waals surface area contributed by atoms with Crippen LogP contribution in [0.1, 0.15) is 10.4 Å². The molecule has 0 spiro atoms. The van der Waals surface area contributed by atoms with Crippen LogP contribution in [0.3, 0.4) is 0 Å². The fraction of sp³-hybridized carbons (Fsp3) is 0.158. The minimum Gasteiger partial charge on any atom is -0.454 e. The number of furan rings is 1. The number of amides is 1. The maximum atomic E-state index is 12.3. The maximum absolute atomic E-state index is 12.3. The number of carbonyl (C=O) groups is 1. The Balaban J connectivity index is 1.72. The first-order chi connectivity index (χ1) is 12.3. The number of nitrogens with zero attached hydrogens (tertiary/aromatic N) is 1. The van der Waals surface area contributed by atoms with Gasteiger partial charge in [-0.2, -0.15) is 5.10 Å². The zero-order valence-corrected chi connectivity index (χ0v) is 13.7. The number of aromatic nitrogens is 2. The van der Waals surface area contributed by atoms with Gasteiger partial charge in [0.2, 0.25) is 0 Å². The van der Waals surface area contributed by atoms with Gasteiger partial charge in [0.25, 0.3) is 5.91 Å². The van der Waals surface area contributed by atoms with Gasteiger partial charge in [-0.1, -0.05) is 18.2 Å². The number of nitrogens with one attached hydrogen (secondary N) is 2. The van der Waals surface area contributed by atoms with Crippen molar-refractivity contribution in [3.63, 3.8) is 0 Å². The number of rotatable bonds is 5. The van der Waals surface area contributed by atoms with Crippen molar-refractivity contribution in [3.05, 3.63) is 54.1 Å². The maximum Gasteiger partial charge on any atom is 0.251 e. The molecule has 0 atom stereocenters. The summed E-state index contributed by atoms with van der Waals surface area (Å²) < 4.78 is 10.9. The molecule has 0 unspecified atom stereocenters. The van der Waals surface area contributed by atoms with E-state index in [0.29, 0.717) is 30.2 Å². The second kappa shape index (κ2) is 6.41. The van der Waals surface area contributed by atoms with E-state index in [4.69, 9.17) is 9.15 Å². The first-order valence-electron chi connectivity index (χ1n) is 8.00.